The maximum atomic E-state index is 5.40. The van der Waals surface area contributed by atoms with Crippen molar-refractivity contribution in [3.05, 3.63) is 35.9 Å². The number of hydrogen-bond acceptors (Lipinski definition) is 1. The Morgan fingerprint density at radius 1 is 1.27 bits per heavy atom. The second kappa shape index (κ2) is 8.10. The van der Waals surface area contributed by atoms with Crippen molar-refractivity contribution in [3.8, 4) is 5.75 Å². The molecule has 1 heteroatoms. The molecular weight excluding hydrogens is 184 g/mol. The molecule has 0 aliphatic heterocycles. The molecule has 1 aromatic rings. The second-order valence-electron chi connectivity index (χ2n) is 2.85. The first-order valence-corrected chi connectivity index (χ1v) is 5.70. The average Bonchev–Trinajstić information content (AvgIpc) is 2.32. The third kappa shape index (κ3) is 4.20. The van der Waals surface area contributed by atoms with Crippen molar-refractivity contribution >= 4 is 6.08 Å². The van der Waals surface area contributed by atoms with Crippen LogP contribution in [0.5, 0.6) is 5.75 Å². The molecule has 0 amide bonds. The van der Waals surface area contributed by atoms with Crippen LogP contribution in [-0.4, -0.2) is 6.61 Å². The molecule has 1 aromatic carbocycles. The van der Waals surface area contributed by atoms with Gasteiger partial charge in [-0.2, -0.15) is 0 Å². The van der Waals surface area contributed by atoms with Crippen LogP contribution in [0.15, 0.2) is 24.8 Å². The van der Waals surface area contributed by atoms with Gasteiger partial charge in [0.25, 0.3) is 0 Å². The van der Waals surface area contributed by atoms with Gasteiger partial charge in [-0.15, -0.1) is 0 Å². The molecular formula is C14H22O. The third-order valence-corrected chi connectivity index (χ3v) is 2.03. The van der Waals surface area contributed by atoms with E-state index in [2.05, 4.69) is 19.6 Å². The van der Waals surface area contributed by atoms with Crippen molar-refractivity contribution in [2.75, 3.05) is 6.61 Å². The van der Waals surface area contributed by atoms with Crippen LogP contribution in [0.3, 0.4) is 0 Å². The molecule has 0 spiro atoms. The van der Waals surface area contributed by atoms with E-state index in [-0.39, 0.29) is 0 Å². The largest absolute Gasteiger partial charge is 0.494 e. The zero-order valence-electron chi connectivity index (χ0n) is 10.3. The van der Waals surface area contributed by atoms with Gasteiger partial charge in [0.1, 0.15) is 5.75 Å². The normalized spacial score (nSPS) is 8.80. The van der Waals surface area contributed by atoms with Crippen LogP contribution in [0.4, 0.5) is 0 Å². The van der Waals surface area contributed by atoms with Gasteiger partial charge in [0.2, 0.25) is 0 Å². The summed E-state index contributed by atoms with van der Waals surface area (Å²) in [6, 6.07) is 6.15. The topological polar surface area (TPSA) is 9.23 Å². The lowest BCUT2D eigenvalue weighted by Gasteiger charge is -2.07. The molecule has 0 aromatic heterocycles. The number of hydrogen-bond donors (Lipinski definition) is 0. The zero-order valence-corrected chi connectivity index (χ0v) is 10.3. The van der Waals surface area contributed by atoms with E-state index < -0.39 is 0 Å². The molecule has 0 aliphatic rings. The number of rotatable bonds is 4. The Kier molecular flexibility index (Phi) is 7.43. The van der Waals surface area contributed by atoms with Crippen molar-refractivity contribution in [1.29, 1.82) is 0 Å². The Labute approximate surface area is 93.8 Å². The molecule has 1 nitrogen and oxygen atoms in total. The predicted molar refractivity (Wildman–Crippen MR) is 68.4 cm³/mol. The van der Waals surface area contributed by atoms with Gasteiger partial charge >= 0.3 is 0 Å². The first kappa shape index (κ1) is 13.8. The van der Waals surface area contributed by atoms with Gasteiger partial charge in [-0.25, -0.2) is 0 Å². The molecule has 0 radical (unpaired) electrons. The fourth-order valence-electron chi connectivity index (χ4n) is 1.34. The predicted octanol–water partition coefficient (Wildman–Crippen LogP) is 4.32. The number of ether oxygens (including phenoxy) is 1. The van der Waals surface area contributed by atoms with E-state index in [4.69, 9.17) is 4.74 Å². The average molecular weight is 206 g/mol. The van der Waals surface area contributed by atoms with Gasteiger partial charge in [0.15, 0.2) is 0 Å². The molecule has 0 atom stereocenters. The molecule has 15 heavy (non-hydrogen) atoms. The highest BCUT2D eigenvalue weighted by Crippen LogP contribution is 2.19. The Balaban J connectivity index is 0.000000921. The van der Waals surface area contributed by atoms with E-state index in [0.29, 0.717) is 6.61 Å². The van der Waals surface area contributed by atoms with Gasteiger partial charge in [-0.05, 0) is 36.6 Å². The van der Waals surface area contributed by atoms with Crippen LogP contribution in [0.1, 0.15) is 38.8 Å². The summed E-state index contributed by atoms with van der Waals surface area (Å²) in [6.45, 7) is 12.6. The molecule has 0 heterocycles. The molecule has 0 fully saturated rings. The lowest BCUT2D eigenvalue weighted by atomic mass is 10.1. The maximum absolute atomic E-state index is 5.40. The summed E-state index contributed by atoms with van der Waals surface area (Å²) in [7, 11) is 0. The smallest absolute Gasteiger partial charge is 0.119 e. The van der Waals surface area contributed by atoms with Gasteiger partial charge in [0.05, 0.1) is 6.61 Å². The quantitative estimate of drug-likeness (QED) is 0.713. The molecule has 0 N–H and O–H groups in total. The third-order valence-electron chi connectivity index (χ3n) is 2.03. The van der Waals surface area contributed by atoms with Gasteiger partial charge < -0.3 is 4.74 Å². The van der Waals surface area contributed by atoms with Crippen molar-refractivity contribution < 1.29 is 4.74 Å². The first-order valence-electron chi connectivity index (χ1n) is 5.70. The molecule has 0 aliphatic carbocycles. The summed E-state index contributed by atoms with van der Waals surface area (Å²) in [5, 5.41) is 0. The SMILES string of the molecule is C=Cc1cc(OCC)ccc1CC.CC. The summed E-state index contributed by atoms with van der Waals surface area (Å²) in [5.41, 5.74) is 2.49. The number of benzene rings is 1. The summed E-state index contributed by atoms with van der Waals surface area (Å²) in [4.78, 5) is 0. The van der Waals surface area contributed by atoms with Crippen molar-refractivity contribution in [3.63, 3.8) is 0 Å². The minimum Gasteiger partial charge on any atom is -0.494 e. The van der Waals surface area contributed by atoms with E-state index in [0.717, 1.165) is 12.2 Å². The van der Waals surface area contributed by atoms with E-state index in [1.807, 2.05) is 39.0 Å². The van der Waals surface area contributed by atoms with Crippen LogP contribution in [0.2, 0.25) is 0 Å². The lowest BCUT2D eigenvalue weighted by molar-refractivity contribution is 0.340. The fraction of sp³-hybridized carbons (Fsp3) is 0.429. The summed E-state index contributed by atoms with van der Waals surface area (Å²) in [6.07, 6.45) is 2.91. The molecule has 0 unspecified atom stereocenters. The lowest BCUT2D eigenvalue weighted by Crippen LogP contribution is -1.93. The second-order valence-corrected chi connectivity index (χ2v) is 2.85. The monoisotopic (exact) mass is 206 g/mol. The highest BCUT2D eigenvalue weighted by atomic mass is 16.5. The van der Waals surface area contributed by atoms with Crippen molar-refractivity contribution in [2.45, 2.75) is 34.1 Å². The van der Waals surface area contributed by atoms with Crippen LogP contribution < -0.4 is 4.74 Å². The Morgan fingerprint density at radius 3 is 2.40 bits per heavy atom. The fourth-order valence-corrected chi connectivity index (χ4v) is 1.34. The molecule has 1 rings (SSSR count). The van der Waals surface area contributed by atoms with E-state index in [1.54, 1.807) is 0 Å². The van der Waals surface area contributed by atoms with Gasteiger partial charge in [-0.1, -0.05) is 39.5 Å². The minimum absolute atomic E-state index is 0.710. The minimum atomic E-state index is 0.710. The summed E-state index contributed by atoms with van der Waals surface area (Å²) < 4.78 is 5.40. The van der Waals surface area contributed by atoms with Crippen LogP contribution in [0.25, 0.3) is 6.08 Å². The van der Waals surface area contributed by atoms with Gasteiger partial charge in [0, 0.05) is 0 Å². The Hall–Kier alpha value is -1.24. The van der Waals surface area contributed by atoms with E-state index >= 15 is 0 Å². The number of aryl methyl sites for hydroxylation is 1. The first-order chi connectivity index (χ1) is 7.31. The van der Waals surface area contributed by atoms with E-state index in [9.17, 15) is 0 Å². The van der Waals surface area contributed by atoms with E-state index in [1.165, 1.54) is 11.1 Å². The summed E-state index contributed by atoms with van der Waals surface area (Å²) >= 11 is 0. The highest BCUT2D eigenvalue weighted by Gasteiger charge is 1.99. The van der Waals surface area contributed by atoms with Crippen LogP contribution in [0, 0.1) is 0 Å². The maximum Gasteiger partial charge on any atom is 0.119 e. The highest BCUT2D eigenvalue weighted by molar-refractivity contribution is 5.54. The molecule has 84 valence electrons. The molecule has 0 bridgehead atoms. The Bertz CT molecular complexity index is 289. The molecule has 0 saturated carbocycles. The van der Waals surface area contributed by atoms with Gasteiger partial charge in [-0.3, -0.25) is 0 Å². The van der Waals surface area contributed by atoms with Crippen LogP contribution in [-0.2, 0) is 6.42 Å². The Morgan fingerprint density at radius 2 is 1.93 bits per heavy atom. The van der Waals surface area contributed by atoms with Crippen LogP contribution >= 0.6 is 0 Å². The zero-order chi connectivity index (χ0) is 11.7. The van der Waals surface area contributed by atoms with Crippen molar-refractivity contribution in [2.24, 2.45) is 0 Å². The standard InChI is InChI=1S/C12H16O.C2H6/c1-4-10-7-8-12(13-6-3)9-11(10)5-2;1-2/h5,7-9H,2,4,6H2,1,3H3;1-2H3. The molecule has 0 saturated heterocycles. The summed E-state index contributed by atoms with van der Waals surface area (Å²) in [5.74, 6) is 0.926. The van der Waals surface area contributed by atoms with Crippen molar-refractivity contribution in [1.82, 2.24) is 0 Å².